The van der Waals surface area contributed by atoms with E-state index in [-0.39, 0.29) is 11.8 Å². The molecule has 1 atom stereocenters. The third kappa shape index (κ3) is 3.48. The highest BCUT2D eigenvalue weighted by atomic mass is 16.1. The smallest absolute Gasteiger partial charge is 0.255 e. The molecular formula is C19H19N3O. The number of nitrogens with zero attached hydrogens (tertiary/aromatic N) is 1. The topological polar surface area (TPSA) is 57.8 Å². The van der Waals surface area contributed by atoms with Crippen molar-refractivity contribution in [1.82, 2.24) is 15.5 Å². The first-order chi connectivity index (χ1) is 11.3. The fraction of sp³-hybridized carbons (Fsp3) is 0.158. The van der Waals surface area contributed by atoms with Gasteiger partial charge in [-0.25, -0.2) is 0 Å². The van der Waals surface area contributed by atoms with Crippen LogP contribution in [0.25, 0.3) is 11.3 Å². The summed E-state index contributed by atoms with van der Waals surface area (Å²) < 4.78 is 0. The average Bonchev–Trinajstić information content (AvgIpc) is 3.11. The van der Waals surface area contributed by atoms with Crippen molar-refractivity contribution in [3.8, 4) is 11.3 Å². The van der Waals surface area contributed by atoms with E-state index in [0.29, 0.717) is 12.1 Å². The van der Waals surface area contributed by atoms with E-state index in [1.165, 1.54) is 5.56 Å². The van der Waals surface area contributed by atoms with Gasteiger partial charge in [0.1, 0.15) is 0 Å². The third-order valence-electron chi connectivity index (χ3n) is 3.88. The molecule has 4 heteroatoms. The van der Waals surface area contributed by atoms with E-state index >= 15 is 0 Å². The number of rotatable bonds is 5. The van der Waals surface area contributed by atoms with Crippen molar-refractivity contribution in [2.24, 2.45) is 0 Å². The minimum Gasteiger partial charge on any atom is -0.351 e. The van der Waals surface area contributed by atoms with E-state index in [0.717, 1.165) is 11.3 Å². The molecule has 0 spiro atoms. The van der Waals surface area contributed by atoms with Gasteiger partial charge in [0.25, 0.3) is 5.91 Å². The molecule has 4 nitrogen and oxygen atoms in total. The van der Waals surface area contributed by atoms with Crippen LogP contribution in [0.1, 0.15) is 28.8 Å². The van der Waals surface area contributed by atoms with E-state index in [4.69, 9.17) is 0 Å². The summed E-state index contributed by atoms with van der Waals surface area (Å²) in [5.41, 5.74) is 3.47. The van der Waals surface area contributed by atoms with Crippen LogP contribution < -0.4 is 5.32 Å². The Kier molecular flexibility index (Phi) is 4.52. The molecule has 0 unspecified atom stereocenters. The van der Waals surface area contributed by atoms with Crippen LogP contribution in [0.4, 0.5) is 0 Å². The summed E-state index contributed by atoms with van der Waals surface area (Å²) in [6, 6.07) is 19.9. The van der Waals surface area contributed by atoms with E-state index in [1.54, 1.807) is 6.20 Å². The first kappa shape index (κ1) is 15.0. The largest absolute Gasteiger partial charge is 0.351 e. The lowest BCUT2D eigenvalue weighted by Crippen LogP contribution is -2.27. The summed E-state index contributed by atoms with van der Waals surface area (Å²) in [4.78, 5) is 12.5. The molecule has 3 rings (SSSR count). The SMILES string of the molecule is C[C@H](CNC(=O)c1cn[nH]c1-c1ccccc1)c1ccccc1. The molecule has 2 aromatic carbocycles. The Hall–Kier alpha value is -2.88. The molecule has 1 aromatic heterocycles. The minimum atomic E-state index is -0.111. The number of H-pyrrole nitrogens is 1. The minimum absolute atomic E-state index is 0.111. The van der Waals surface area contributed by atoms with Gasteiger partial charge in [-0.15, -0.1) is 0 Å². The Labute approximate surface area is 135 Å². The van der Waals surface area contributed by atoms with Crippen LogP contribution in [0.3, 0.4) is 0 Å². The molecular weight excluding hydrogens is 286 g/mol. The van der Waals surface area contributed by atoms with Gasteiger partial charge in [-0.3, -0.25) is 9.89 Å². The van der Waals surface area contributed by atoms with Crippen molar-refractivity contribution in [1.29, 1.82) is 0 Å². The second-order valence-corrected chi connectivity index (χ2v) is 5.55. The number of aromatic nitrogens is 2. The molecule has 3 aromatic rings. The monoisotopic (exact) mass is 305 g/mol. The first-order valence-corrected chi connectivity index (χ1v) is 7.67. The maximum atomic E-state index is 12.5. The Balaban J connectivity index is 1.69. The van der Waals surface area contributed by atoms with Crippen molar-refractivity contribution >= 4 is 5.91 Å². The van der Waals surface area contributed by atoms with Crippen molar-refractivity contribution in [2.45, 2.75) is 12.8 Å². The van der Waals surface area contributed by atoms with E-state index < -0.39 is 0 Å². The maximum Gasteiger partial charge on any atom is 0.255 e. The van der Waals surface area contributed by atoms with E-state index in [1.807, 2.05) is 48.5 Å². The van der Waals surface area contributed by atoms with Gasteiger partial charge in [0.15, 0.2) is 0 Å². The molecule has 0 saturated carbocycles. The molecule has 0 saturated heterocycles. The van der Waals surface area contributed by atoms with E-state index in [2.05, 4.69) is 34.6 Å². The van der Waals surface area contributed by atoms with Crippen LogP contribution in [0.15, 0.2) is 66.9 Å². The van der Waals surface area contributed by atoms with Gasteiger partial charge in [0.05, 0.1) is 17.5 Å². The van der Waals surface area contributed by atoms with Gasteiger partial charge < -0.3 is 5.32 Å². The molecule has 1 amide bonds. The zero-order valence-corrected chi connectivity index (χ0v) is 13.0. The predicted molar refractivity (Wildman–Crippen MR) is 91.2 cm³/mol. The average molecular weight is 305 g/mol. The summed E-state index contributed by atoms with van der Waals surface area (Å²) in [5, 5.41) is 9.93. The number of hydrogen-bond donors (Lipinski definition) is 2. The lowest BCUT2D eigenvalue weighted by molar-refractivity contribution is 0.0952. The predicted octanol–water partition coefficient (Wildman–Crippen LogP) is 3.61. The molecule has 0 aliphatic heterocycles. The summed E-state index contributed by atoms with van der Waals surface area (Å²) in [7, 11) is 0. The molecule has 23 heavy (non-hydrogen) atoms. The number of hydrogen-bond acceptors (Lipinski definition) is 2. The number of carbonyl (C=O) groups is 1. The quantitative estimate of drug-likeness (QED) is 0.756. The van der Waals surface area contributed by atoms with Crippen LogP contribution in [-0.2, 0) is 0 Å². The van der Waals surface area contributed by atoms with Crippen molar-refractivity contribution in [2.75, 3.05) is 6.54 Å². The van der Waals surface area contributed by atoms with Crippen LogP contribution in [0.5, 0.6) is 0 Å². The fourth-order valence-electron chi connectivity index (χ4n) is 2.52. The second kappa shape index (κ2) is 6.92. The van der Waals surface area contributed by atoms with Crippen molar-refractivity contribution < 1.29 is 4.79 Å². The number of aromatic amines is 1. The summed E-state index contributed by atoms with van der Waals surface area (Å²) in [6.07, 6.45) is 1.57. The Morgan fingerprint density at radius 1 is 1.09 bits per heavy atom. The van der Waals surface area contributed by atoms with Crippen LogP contribution in [0.2, 0.25) is 0 Å². The molecule has 0 bridgehead atoms. The lowest BCUT2D eigenvalue weighted by Gasteiger charge is -2.13. The first-order valence-electron chi connectivity index (χ1n) is 7.67. The van der Waals surface area contributed by atoms with E-state index in [9.17, 15) is 4.79 Å². The molecule has 0 fully saturated rings. The highest BCUT2D eigenvalue weighted by Crippen LogP contribution is 2.21. The van der Waals surface area contributed by atoms with Gasteiger partial charge in [0, 0.05) is 12.1 Å². The molecule has 2 N–H and O–H groups in total. The molecule has 0 radical (unpaired) electrons. The zero-order chi connectivity index (χ0) is 16.1. The van der Waals surface area contributed by atoms with Gasteiger partial charge in [-0.2, -0.15) is 5.10 Å². The number of nitrogens with one attached hydrogen (secondary N) is 2. The highest BCUT2D eigenvalue weighted by Gasteiger charge is 2.16. The number of benzene rings is 2. The van der Waals surface area contributed by atoms with Crippen LogP contribution in [-0.4, -0.2) is 22.6 Å². The number of carbonyl (C=O) groups excluding carboxylic acids is 1. The van der Waals surface area contributed by atoms with Crippen LogP contribution in [0, 0.1) is 0 Å². The summed E-state index contributed by atoms with van der Waals surface area (Å²) >= 11 is 0. The molecule has 0 aliphatic rings. The third-order valence-corrected chi connectivity index (χ3v) is 3.88. The fourth-order valence-corrected chi connectivity index (χ4v) is 2.52. The van der Waals surface area contributed by atoms with Gasteiger partial charge in [-0.1, -0.05) is 67.6 Å². The van der Waals surface area contributed by atoms with Crippen LogP contribution >= 0.6 is 0 Å². The van der Waals surface area contributed by atoms with Gasteiger partial charge in [0.2, 0.25) is 0 Å². The highest BCUT2D eigenvalue weighted by molar-refractivity contribution is 5.99. The molecule has 0 aliphatic carbocycles. The normalized spacial score (nSPS) is 11.9. The Morgan fingerprint density at radius 2 is 1.74 bits per heavy atom. The zero-order valence-electron chi connectivity index (χ0n) is 13.0. The molecule has 1 heterocycles. The van der Waals surface area contributed by atoms with Crippen molar-refractivity contribution in [3.05, 3.63) is 78.0 Å². The van der Waals surface area contributed by atoms with Gasteiger partial charge >= 0.3 is 0 Å². The summed E-state index contributed by atoms with van der Waals surface area (Å²) in [6.45, 7) is 2.69. The maximum absolute atomic E-state index is 12.5. The molecule has 116 valence electrons. The standard InChI is InChI=1S/C19H19N3O/c1-14(15-8-4-2-5-9-15)12-20-19(23)17-13-21-22-18(17)16-10-6-3-7-11-16/h2-11,13-14H,12H2,1H3,(H,20,23)(H,21,22)/t14-/m1/s1. The van der Waals surface area contributed by atoms with Crippen molar-refractivity contribution in [3.63, 3.8) is 0 Å². The Morgan fingerprint density at radius 3 is 2.43 bits per heavy atom. The second-order valence-electron chi connectivity index (χ2n) is 5.55. The number of amides is 1. The summed E-state index contributed by atoms with van der Waals surface area (Å²) in [5.74, 6) is 0.146. The van der Waals surface area contributed by atoms with Gasteiger partial charge in [-0.05, 0) is 11.5 Å². The Bertz CT molecular complexity index is 766. The lowest BCUT2D eigenvalue weighted by atomic mass is 10.0.